The number of likely N-dealkylation sites (N-methyl/N-ethyl adjacent to an activating group) is 1. The molecule has 5 heteroatoms. The van der Waals surface area contributed by atoms with Crippen molar-refractivity contribution in [1.82, 2.24) is 9.88 Å². The largest absolute Gasteiger partial charge is 0.432 e. The zero-order valence-corrected chi connectivity index (χ0v) is 9.89. The number of aliphatic hydroxyl groups is 1. The van der Waals surface area contributed by atoms with Gasteiger partial charge in [0.1, 0.15) is 12.0 Å². The van der Waals surface area contributed by atoms with Crippen LogP contribution in [0.2, 0.25) is 0 Å². The van der Waals surface area contributed by atoms with Crippen LogP contribution in [0.1, 0.15) is 18.5 Å². The van der Waals surface area contributed by atoms with Crippen molar-refractivity contribution in [3.8, 4) is 0 Å². The fourth-order valence-corrected chi connectivity index (χ4v) is 2.20. The lowest BCUT2D eigenvalue weighted by molar-refractivity contribution is 0.276. The molecule has 0 aliphatic carbocycles. The SMILES string of the molecule is CN(C)CC1CCCN1c1nc(CO)co1. The summed E-state index contributed by atoms with van der Waals surface area (Å²) in [5, 5.41) is 8.96. The van der Waals surface area contributed by atoms with Crippen molar-refractivity contribution in [3.05, 3.63) is 12.0 Å². The smallest absolute Gasteiger partial charge is 0.297 e. The molecule has 0 saturated carbocycles. The lowest BCUT2D eigenvalue weighted by Crippen LogP contribution is -2.37. The third kappa shape index (κ3) is 2.36. The van der Waals surface area contributed by atoms with Crippen molar-refractivity contribution in [3.63, 3.8) is 0 Å². The molecule has 1 aromatic heterocycles. The van der Waals surface area contributed by atoms with Crippen LogP contribution in [-0.4, -0.2) is 48.2 Å². The first-order valence-corrected chi connectivity index (χ1v) is 5.67. The molecule has 1 aliphatic rings. The van der Waals surface area contributed by atoms with E-state index < -0.39 is 0 Å². The molecule has 1 saturated heterocycles. The second-order valence-corrected chi connectivity index (χ2v) is 4.53. The Labute approximate surface area is 95.7 Å². The second kappa shape index (κ2) is 4.84. The minimum atomic E-state index is -0.0598. The molecule has 0 amide bonds. The van der Waals surface area contributed by atoms with E-state index in [2.05, 4.69) is 28.9 Å². The van der Waals surface area contributed by atoms with E-state index in [0.717, 1.165) is 13.1 Å². The fourth-order valence-electron chi connectivity index (χ4n) is 2.20. The maximum absolute atomic E-state index is 8.96. The average Bonchev–Trinajstić information content (AvgIpc) is 2.84. The maximum Gasteiger partial charge on any atom is 0.297 e. The molecule has 1 atom stereocenters. The normalized spacial score (nSPS) is 21.0. The fraction of sp³-hybridized carbons (Fsp3) is 0.727. The molecule has 0 spiro atoms. The molecule has 1 aliphatic heterocycles. The van der Waals surface area contributed by atoms with Gasteiger partial charge in [-0.1, -0.05) is 0 Å². The highest BCUT2D eigenvalue weighted by Crippen LogP contribution is 2.25. The number of aromatic nitrogens is 1. The Kier molecular flexibility index (Phi) is 3.46. The van der Waals surface area contributed by atoms with Crippen molar-refractivity contribution in [1.29, 1.82) is 0 Å². The van der Waals surface area contributed by atoms with Gasteiger partial charge in [0, 0.05) is 19.1 Å². The van der Waals surface area contributed by atoms with Crippen LogP contribution < -0.4 is 4.90 Å². The molecule has 90 valence electrons. The summed E-state index contributed by atoms with van der Waals surface area (Å²) >= 11 is 0. The van der Waals surface area contributed by atoms with E-state index >= 15 is 0 Å². The van der Waals surface area contributed by atoms with Crippen molar-refractivity contribution < 1.29 is 9.52 Å². The number of hydrogen-bond donors (Lipinski definition) is 1. The quantitative estimate of drug-likeness (QED) is 0.817. The highest BCUT2D eigenvalue weighted by molar-refractivity contribution is 5.31. The molecule has 2 rings (SSSR count). The van der Waals surface area contributed by atoms with Gasteiger partial charge < -0.3 is 19.3 Å². The Morgan fingerprint density at radius 2 is 2.44 bits per heavy atom. The third-order valence-electron chi connectivity index (χ3n) is 2.90. The molecule has 5 nitrogen and oxygen atoms in total. The lowest BCUT2D eigenvalue weighted by Gasteiger charge is -2.25. The second-order valence-electron chi connectivity index (χ2n) is 4.53. The molecule has 0 radical (unpaired) electrons. The lowest BCUT2D eigenvalue weighted by atomic mass is 10.2. The summed E-state index contributed by atoms with van der Waals surface area (Å²) < 4.78 is 5.39. The average molecular weight is 225 g/mol. The highest BCUT2D eigenvalue weighted by Gasteiger charge is 2.28. The first kappa shape index (κ1) is 11.4. The first-order valence-electron chi connectivity index (χ1n) is 5.67. The molecule has 1 N–H and O–H groups in total. The molecular formula is C11H19N3O2. The molecule has 1 fully saturated rings. The maximum atomic E-state index is 8.96. The van der Waals surface area contributed by atoms with E-state index in [0.29, 0.717) is 17.8 Å². The molecule has 2 heterocycles. The summed E-state index contributed by atoms with van der Waals surface area (Å²) in [6, 6.07) is 1.12. The molecule has 16 heavy (non-hydrogen) atoms. The standard InChI is InChI=1S/C11H19N3O2/c1-13(2)6-10-4-3-5-14(10)11-12-9(7-15)8-16-11/h8,10,15H,3-7H2,1-2H3. The van der Waals surface area contributed by atoms with Crippen LogP contribution in [-0.2, 0) is 6.61 Å². The van der Waals surface area contributed by atoms with Crippen molar-refractivity contribution in [2.24, 2.45) is 0 Å². The summed E-state index contributed by atoms with van der Waals surface area (Å²) in [5.74, 6) is 0. The Bertz CT molecular complexity index is 338. The van der Waals surface area contributed by atoms with Crippen molar-refractivity contribution in [2.75, 3.05) is 32.1 Å². The Morgan fingerprint density at radius 1 is 1.62 bits per heavy atom. The van der Waals surface area contributed by atoms with Gasteiger partial charge in [-0.15, -0.1) is 0 Å². The van der Waals surface area contributed by atoms with E-state index in [9.17, 15) is 0 Å². The zero-order valence-electron chi connectivity index (χ0n) is 9.89. The van der Waals surface area contributed by atoms with Gasteiger partial charge in [-0.2, -0.15) is 4.98 Å². The van der Waals surface area contributed by atoms with E-state index in [4.69, 9.17) is 9.52 Å². The van der Waals surface area contributed by atoms with Gasteiger partial charge in [-0.25, -0.2) is 0 Å². The summed E-state index contributed by atoms with van der Waals surface area (Å²) in [7, 11) is 4.15. The topological polar surface area (TPSA) is 52.7 Å². The summed E-state index contributed by atoms with van der Waals surface area (Å²) in [6.45, 7) is 1.94. The van der Waals surface area contributed by atoms with Crippen molar-refractivity contribution in [2.45, 2.75) is 25.5 Å². The van der Waals surface area contributed by atoms with Gasteiger partial charge in [0.15, 0.2) is 0 Å². The monoisotopic (exact) mass is 225 g/mol. The van der Waals surface area contributed by atoms with Crippen LogP contribution in [0.15, 0.2) is 10.7 Å². The third-order valence-corrected chi connectivity index (χ3v) is 2.90. The minimum Gasteiger partial charge on any atom is -0.432 e. The zero-order chi connectivity index (χ0) is 11.5. The predicted octanol–water partition coefficient (Wildman–Crippen LogP) is 0.697. The first-order chi connectivity index (χ1) is 7.70. The van der Waals surface area contributed by atoms with Crippen LogP contribution in [0.25, 0.3) is 0 Å². The molecular weight excluding hydrogens is 206 g/mol. The van der Waals surface area contributed by atoms with Crippen LogP contribution in [0.5, 0.6) is 0 Å². The van der Waals surface area contributed by atoms with E-state index in [1.165, 1.54) is 19.1 Å². The number of aliphatic hydroxyl groups excluding tert-OH is 1. The van der Waals surface area contributed by atoms with Gasteiger partial charge >= 0.3 is 0 Å². The Morgan fingerprint density at radius 3 is 3.06 bits per heavy atom. The summed E-state index contributed by atoms with van der Waals surface area (Å²) in [6.07, 6.45) is 3.88. The van der Waals surface area contributed by atoms with Crippen LogP contribution in [0, 0.1) is 0 Å². The number of oxazole rings is 1. The molecule has 1 aromatic rings. The summed E-state index contributed by atoms with van der Waals surface area (Å²) in [4.78, 5) is 8.63. The summed E-state index contributed by atoms with van der Waals surface area (Å²) in [5.41, 5.74) is 0.602. The van der Waals surface area contributed by atoms with Gasteiger partial charge in [-0.05, 0) is 26.9 Å². The van der Waals surface area contributed by atoms with E-state index in [1.807, 2.05) is 0 Å². The number of rotatable bonds is 4. The van der Waals surface area contributed by atoms with Gasteiger partial charge in [0.05, 0.1) is 6.61 Å². The molecule has 0 bridgehead atoms. The Hall–Kier alpha value is -1.07. The van der Waals surface area contributed by atoms with Crippen LogP contribution in [0.4, 0.5) is 6.01 Å². The van der Waals surface area contributed by atoms with E-state index in [1.54, 1.807) is 0 Å². The highest BCUT2D eigenvalue weighted by atomic mass is 16.4. The predicted molar refractivity (Wildman–Crippen MR) is 61.3 cm³/mol. The Balaban J connectivity index is 2.07. The number of hydrogen-bond acceptors (Lipinski definition) is 5. The van der Waals surface area contributed by atoms with Crippen molar-refractivity contribution >= 4 is 6.01 Å². The molecule has 1 unspecified atom stereocenters. The van der Waals surface area contributed by atoms with Crippen LogP contribution in [0.3, 0.4) is 0 Å². The van der Waals surface area contributed by atoms with Gasteiger partial charge in [0.25, 0.3) is 6.01 Å². The number of nitrogens with zero attached hydrogens (tertiary/aromatic N) is 3. The molecule has 0 aromatic carbocycles. The van der Waals surface area contributed by atoms with Gasteiger partial charge in [0.2, 0.25) is 0 Å². The minimum absolute atomic E-state index is 0.0598. The van der Waals surface area contributed by atoms with E-state index in [-0.39, 0.29) is 6.61 Å². The number of anilines is 1. The van der Waals surface area contributed by atoms with Crippen LogP contribution >= 0.6 is 0 Å². The van der Waals surface area contributed by atoms with Gasteiger partial charge in [-0.3, -0.25) is 0 Å².